The van der Waals surface area contributed by atoms with Gasteiger partial charge in [-0.3, -0.25) is 0 Å². The van der Waals surface area contributed by atoms with E-state index >= 15 is 0 Å². The van der Waals surface area contributed by atoms with Gasteiger partial charge < -0.3 is 4.74 Å². The number of nitrogens with zero attached hydrogens (tertiary/aromatic N) is 2. The van der Waals surface area contributed by atoms with Gasteiger partial charge in [-0.05, 0) is 29.3 Å². The third kappa shape index (κ3) is 4.01. The van der Waals surface area contributed by atoms with Crippen LogP contribution in [0.1, 0.15) is 16.7 Å². The number of halogens is 3. The van der Waals surface area contributed by atoms with Crippen molar-refractivity contribution < 1.29 is 17.9 Å². The molecule has 130 valence electrons. The summed E-state index contributed by atoms with van der Waals surface area (Å²) in [6.07, 6.45) is -3.14. The molecule has 1 aromatic heterocycles. The van der Waals surface area contributed by atoms with E-state index in [2.05, 4.69) is 4.98 Å². The summed E-state index contributed by atoms with van der Waals surface area (Å²) in [5, 5.41) is 8.85. The van der Waals surface area contributed by atoms with Gasteiger partial charge in [-0.1, -0.05) is 36.4 Å². The molecule has 0 N–H and O–H groups in total. The van der Waals surface area contributed by atoms with Crippen molar-refractivity contribution in [2.45, 2.75) is 12.8 Å². The fourth-order valence-corrected chi connectivity index (χ4v) is 2.42. The first-order valence-corrected chi connectivity index (χ1v) is 7.72. The van der Waals surface area contributed by atoms with Crippen LogP contribution < -0.4 is 4.74 Å². The van der Waals surface area contributed by atoms with E-state index in [4.69, 9.17) is 10.00 Å². The second-order valence-electron chi connectivity index (χ2n) is 5.53. The van der Waals surface area contributed by atoms with Gasteiger partial charge in [-0.15, -0.1) is 0 Å². The minimum Gasteiger partial charge on any atom is -0.473 e. The molecule has 0 saturated heterocycles. The molecule has 0 aliphatic rings. The Balaban J connectivity index is 1.79. The van der Waals surface area contributed by atoms with Crippen LogP contribution in [-0.2, 0) is 12.8 Å². The molecule has 2 aromatic carbocycles. The largest absolute Gasteiger partial charge is 0.473 e. The van der Waals surface area contributed by atoms with Gasteiger partial charge in [0.2, 0.25) is 5.88 Å². The SMILES string of the molecule is N#Cc1ccc(-c2ccc(OCc3ccccc3)nc2)cc1C(F)(F)F. The zero-order chi connectivity index (χ0) is 18.6. The number of ether oxygens (including phenoxy) is 1. The van der Waals surface area contributed by atoms with Crippen molar-refractivity contribution in [2.24, 2.45) is 0 Å². The summed E-state index contributed by atoms with van der Waals surface area (Å²) in [6.45, 7) is 0.349. The number of alkyl halides is 3. The first-order valence-electron chi connectivity index (χ1n) is 7.72. The Bertz CT molecular complexity index is 930. The molecule has 0 amide bonds. The van der Waals surface area contributed by atoms with Crippen molar-refractivity contribution in [1.82, 2.24) is 4.98 Å². The Hall–Kier alpha value is -3.33. The average molecular weight is 354 g/mol. The highest BCUT2D eigenvalue weighted by atomic mass is 19.4. The van der Waals surface area contributed by atoms with E-state index in [1.54, 1.807) is 18.2 Å². The van der Waals surface area contributed by atoms with Crippen LogP contribution in [0.25, 0.3) is 11.1 Å². The molecule has 0 saturated carbocycles. The molecule has 0 radical (unpaired) electrons. The maximum Gasteiger partial charge on any atom is 0.417 e. The molecule has 26 heavy (non-hydrogen) atoms. The predicted octanol–water partition coefficient (Wildman–Crippen LogP) is 5.22. The van der Waals surface area contributed by atoms with E-state index in [1.807, 2.05) is 30.3 Å². The van der Waals surface area contributed by atoms with Gasteiger partial charge in [0.1, 0.15) is 6.61 Å². The highest BCUT2D eigenvalue weighted by Crippen LogP contribution is 2.34. The maximum atomic E-state index is 13.1. The van der Waals surface area contributed by atoms with Crippen molar-refractivity contribution in [3.63, 3.8) is 0 Å². The number of hydrogen-bond acceptors (Lipinski definition) is 3. The summed E-state index contributed by atoms with van der Waals surface area (Å²) >= 11 is 0. The van der Waals surface area contributed by atoms with Crippen LogP contribution in [0.5, 0.6) is 5.88 Å². The molecular formula is C20H13F3N2O. The molecule has 0 bridgehead atoms. The van der Waals surface area contributed by atoms with Crippen molar-refractivity contribution in [3.8, 4) is 23.1 Å². The lowest BCUT2D eigenvalue weighted by Gasteiger charge is -2.11. The first-order chi connectivity index (χ1) is 12.5. The Kier molecular flexibility index (Phi) is 4.90. The lowest BCUT2D eigenvalue weighted by atomic mass is 10.0. The van der Waals surface area contributed by atoms with Crippen molar-refractivity contribution >= 4 is 0 Å². The summed E-state index contributed by atoms with van der Waals surface area (Å²) < 4.78 is 44.8. The van der Waals surface area contributed by atoms with Crippen LogP contribution in [0, 0.1) is 11.3 Å². The summed E-state index contributed by atoms with van der Waals surface area (Å²) in [5.74, 6) is 0.377. The Morgan fingerprint density at radius 3 is 2.31 bits per heavy atom. The van der Waals surface area contributed by atoms with Crippen molar-refractivity contribution in [3.05, 3.63) is 83.6 Å². The Labute approximate surface area is 148 Å². The molecule has 1 heterocycles. The zero-order valence-electron chi connectivity index (χ0n) is 13.5. The van der Waals surface area contributed by atoms with Crippen LogP contribution >= 0.6 is 0 Å². The highest BCUT2D eigenvalue weighted by Gasteiger charge is 2.33. The second kappa shape index (κ2) is 7.28. The lowest BCUT2D eigenvalue weighted by molar-refractivity contribution is -0.137. The monoisotopic (exact) mass is 354 g/mol. The third-order valence-electron chi connectivity index (χ3n) is 3.74. The summed E-state index contributed by atoms with van der Waals surface area (Å²) in [4.78, 5) is 4.14. The number of nitriles is 1. The molecule has 3 rings (SSSR count). The van der Waals surface area contributed by atoms with E-state index in [9.17, 15) is 13.2 Å². The van der Waals surface area contributed by atoms with E-state index in [-0.39, 0.29) is 0 Å². The van der Waals surface area contributed by atoms with Gasteiger partial charge in [-0.2, -0.15) is 18.4 Å². The molecule has 0 aliphatic heterocycles. The number of pyridine rings is 1. The number of rotatable bonds is 4. The predicted molar refractivity (Wildman–Crippen MR) is 90.2 cm³/mol. The normalized spacial score (nSPS) is 11.0. The van der Waals surface area contributed by atoms with Gasteiger partial charge in [0.15, 0.2) is 0 Å². The smallest absolute Gasteiger partial charge is 0.417 e. The fraction of sp³-hybridized carbons (Fsp3) is 0.100. The highest BCUT2D eigenvalue weighted by molar-refractivity contribution is 5.65. The molecule has 3 nitrogen and oxygen atoms in total. The van der Waals surface area contributed by atoms with Gasteiger partial charge in [-0.25, -0.2) is 4.98 Å². The second-order valence-corrected chi connectivity index (χ2v) is 5.53. The topological polar surface area (TPSA) is 45.9 Å². The standard InChI is InChI=1S/C20H13F3N2O/c21-20(22,23)18-10-15(6-7-16(18)11-24)17-8-9-19(25-12-17)26-13-14-4-2-1-3-5-14/h1-10,12H,13H2. The Morgan fingerprint density at radius 2 is 1.69 bits per heavy atom. The van der Waals surface area contributed by atoms with E-state index < -0.39 is 17.3 Å². The number of hydrogen-bond donors (Lipinski definition) is 0. The first kappa shape index (κ1) is 17.5. The van der Waals surface area contributed by atoms with Crippen LogP contribution in [0.4, 0.5) is 13.2 Å². The minimum atomic E-state index is -4.59. The molecule has 6 heteroatoms. The van der Waals surface area contributed by atoms with Crippen LogP contribution in [-0.4, -0.2) is 4.98 Å². The number of aromatic nitrogens is 1. The van der Waals surface area contributed by atoms with Gasteiger partial charge >= 0.3 is 6.18 Å². The Morgan fingerprint density at radius 1 is 0.962 bits per heavy atom. The van der Waals surface area contributed by atoms with Crippen molar-refractivity contribution in [2.75, 3.05) is 0 Å². The van der Waals surface area contributed by atoms with E-state index in [0.29, 0.717) is 23.6 Å². The van der Waals surface area contributed by atoms with E-state index in [0.717, 1.165) is 17.7 Å². The molecule has 0 unspecified atom stereocenters. The molecule has 0 fully saturated rings. The third-order valence-corrected chi connectivity index (χ3v) is 3.74. The minimum absolute atomic E-state index is 0.332. The van der Waals surface area contributed by atoms with Crippen LogP contribution in [0.2, 0.25) is 0 Å². The number of benzene rings is 2. The van der Waals surface area contributed by atoms with Crippen LogP contribution in [0.15, 0.2) is 66.9 Å². The fourth-order valence-electron chi connectivity index (χ4n) is 2.42. The quantitative estimate of drug-likeness (QED) is 0.645. The van der Waals surface area contributed by atoms with Gasteiger partial charge in [0.05, 0.1) is 17.2 Å². The van der Waals surface area contributed by atoms with E-state index in [1.165, 1.54) is 12.3 Å². The van der Waals surface area contributed by atoms with Gasteiger partial charge in [0.25, 0.3) is 0 Å². The summed E-state index contributed by atoms with van der Waals surface area (Å²) in [6, 6.07) is 17.9. The van der Waals surface area contributed by atoms with Crippen molar-refractivity contribution in [1.29, 1.82) is 5.26 Å². The summed E-state index contributed by atoms with van der Waals surface area (Å²) in [7, 11) is 0. The molecule has 0 atom stereocenters. The molecule has 0 aliphatic carbocycles. The summed E-state index contributed by atoms with van der Waals surface area (Å²) in [5.41, 5.74) is 0.463. The van der Waals surface area contributed by atoms with Gasteiger partial charge in [0, 0.05) is 17.8 Å². The maximum absolute atomic E-state index is 13.1. The molecule has 0 spiro atoms. The lowest BCUT2D eigenvalue weighted by Crippen LogP contribution is -2.08. The average Bonchev–Trinajstić information content (AvgIpc) is 2.66. The zero-order valence-corrected chi connectivity index (χ0v) is 13.5. The molecule has 3 aromatic rings. The van der Waals surface area contributed by atoms with Crippen LogP contribution in [0.3, 0.4) is 0 Å². The molecular weight excluding hydrogens is 341 g/mol.